The first-order valence-electron chi connectivity index (χ1n) is 6.82. The fourth-order valence-corrected chi connectivity index (χ4v) is 2.47. The third-order valence-corrected chi connectivity index (χ3v) is 3.69. The molecular formula is C17H13ClN2O3. The fraction of sp³-hybridized carbons (Fsp3) is 0.0588. The number of carbonyl (C=O) groups is 1. The minimum absolute atomic E-state index is 0.0530. The summed E-state index contributed by atoms with van der Waals surface area (Å²) >= 11 is 6.28. The molecule has 0 radical (unpaired) electrons. The molecule has 1 aromatic heterocycles. The summed E-state index contributed by atoms with van der Waals surface area (Å²) in [6, 6.07) is 14.5. The van der Waals surface area contributed by atoms with E-state index in [1.165, 1.54) is 6.20 Å². The van der Waals surface area contributed by atoms with E-state index in [0.717, 1.165) is 5.56 Å². The summed E-state index contributed by atoms with van der Waals surface area (Å²) in [6.07, 6.45) is 1.45. The summed E-state index contributed by atoms with van der Waals surface area (Å²) in [4.78, 5) is 15.5. The van der Waals surface area contributed by atoms with Gasteiger partial charge in [-0.3, -0.25) is 4.57 Å². The molecule has 1 heterocycles. The van der Waals surface area contributed by atoms with Crippen LogP contribution in [0.4, 0.5) is 0 Å². The van der Waals surface area contributed by atoms with Crippen LogP contribution in [0.3, 0.4) is 0 Å². The number of benzene rings is 2. The standard InChI is InChI=1S/C17H13ClN2O3/c1-23-12-7-8-13(18)15(9-12)20-10-14(17(21)22)19-16(20)11-5-3-2-4-6-11/h2-10H,1H3,(H,21,22). The zero-order chi connectivity index (χ0) is 16.4. The lowest BCUT2D eigenvalue weighted by atomic mass is 10.2. The molecule has 0 saturated heterocycles. The number of aromatic carboxylic acids is 1. The molecule has 23 heavy (non-hydrogen) atoms. The Hall–Kier alpha value is -2.79. The van der Waals surface area contributed by atoms with Gasteiger partial charge in [-0.05, 0) is 12.1 Å². The van der Waals surface area contributed by atoms with E-state index in [-0.39, 0.29) is 5.69 Å². The normalized spacial score (nSPS) is 10.5. The van der Waals surface area contributed by atoms with Crippen LogP contribution in [0.25, 0.3) is 17.1 Å². The number of halogens is 1. The average Bonchev–Trinajstić information content (AvgIpc) is 3.01. The minimum Gasteiger partial charge on any atom is -0.497 e. The highest BCUT2D eigenvalue weighted by Crippen LogP contribution is 2.30. The van der Waals surface area contributed by atoms with E-state index >= 15 is 0 Å². The Morgan fingerprint density at radius 3 is 2.61 bits per heavy atom. The Morgan fingerprint density at radius 1 is 1.22 bits per heavy atom. The van der Waals surface area contributed by atoms with Crippen molar-refractivity contribution in [1.82, 2.24) is 9.55 Å². The molecule has 0 aliphatic rings. The molecule has 6 heteroatoms. The molecule has 1 N–H and O–H groups in total. The molecule has 5 nitrogen and oxygen atoms in total. The van der Waals surface area contributed by atoms with Crippen molar-refractivity contribution in [1.29, 1.82) is 0 Å². The average molecular weight is 329 g/mol. The lowest BCUT2D eigenvalue weighted by Crippen LogP contribution is -1.98. The van der Waals surface area contributed by atoms with Gasteiger partial charge < -0.3 is 9.84 Å². The Labute approximate surface area is 137 Å². The Morgan fingerprint density at radius 2 is 1.96 bits per heavy atom. The molecule has 0 amide bonds. The predicted molar refractivity (Wildman–Crippen MR) is 87.5 cm³/mol. The number of hydrogen-bond donors (Lipinski definition) is 1. The van der Waals surface area contributed by atoms with E-state index in [1.54, 1.807) is 29.9 Å². The molecule has 3 rings (SSSR count). The zero-order valence-corrected chi connectivity index (χ0v) is 13.0. The molecule has 0 fully saturated rings. The maximum Gasteiger partial charge on any atom is 0.356 e. The minimum atomic E-state index is -1.10. The molecule has 0 saturated carbocycles. The second-order valence-electron chi connectivity index (χ2n) is 4.81. The first-order chi connectivity index (χ1) is 11.1. The molecule has 0 aliphatic heterocycles. The van der Waals surface area contributed by atoms with Crippen molar-refractivity contribution in [2.75, 3.05) is 7.11 Å². The van der Waals surface area contributed by atoms with E-state index in [9.17, 15) is 9.90 Å². The summed E-state index contributed by atoms with van der Waals surface area (Å²) in [5.74, 6) is 0.0205. The number of methoxy groups -OCH3 is 1. The van der Waals surface area contributed by atoms with Crippen molar-refractivity contribution in [3.63, 3.8) is 0 Å². The van der Waals surface area contributed by atoms with Crippen molar-refractivity contribution in [3.05, 3.63) is 65.4 Å². The van der Waals surface area contributed by atoms with Crippen molar-refractivity contribution in [2.45, 2.75) is 0 Å². The van der Waals surface area contributed by atoms with Gasteiger partial charge in [0.05, 0.1) is 17.8 Å². The summed E-state index contributed by atoms with van der Waals surface area (Å²) in [6.45, 7) is 0. The molecular weight excluding hydrogens is 316 g/mol. The van der Waals surface area contributed by atoms with Gasteiger partial charge in [0.15, 0.2) is 5.69 Å². The fourth-order valence-electron chi connectivity index (χ4n) is 2.26. The van der Waals surface area contributed by atoms with Crippen molar-refractivity contribution in [3.8, 4) is 22.8 Å². The number of hydrogen-bond acceptors (Lipinski definition) is 3. The lowest BCUT2D eigenvalue weighted by molar-refractivity contribution is 0.0691. The van der Waals surface area contributed by atoms with Crippen LogP contribution in [0.15, 0.2) is 54.7 Å². The van der Waals surface area contributed by atoms with Gasteiger partial charge in [-0.15, -0.1) is 0 Å². The van der Waals surface area contributed by atoms with Gasteiger partial charge in [0.25, 0.3) is 0 Å². The number of carboxylic acids is 1. The van der Waals surface area contributed by atoms with Crippen LogP contribution in [-0.4, -0.2) is 27.7 Å². The Bertz CT molecular complexity index is 860. The number of nitrogens with zero attached hydrogens (tertiary/aromatic N) is 2. The second kappa shape index (κ2) is 6.14. The summed E-state index contributed by atoms with van der Waals surface area (Å²) in [7, 11) is 1.56. The lowest BCUT2D eigenvalue weighted by Gasteiger charge is -2.11. The third-order valence-electron chi connectivity index (χ3n) is 3.37. The van der Waals surface area contributed by atoms with Crippen molar-refractivity contribution >= 4 is 17.6 Å². The van der Waals surface area contributed by atoms with Crippen LogP contribution >= 0.6 is 11.6 Å². The second-order valence-corrected chi connectivity index (χ2v) is 5.22. The van der Waals surface area contributed by atoms with E-state index in [2.05, 4.69) is 4.98 Å². The van der Waals surface area contributed by atoms with E-state index in [1.807, 2.05) is 30.3 Å². The van der Waals surface area contributed by atoms with E-state index in [0.29, 0.717) is 22.3 Å². The van der Waals surface area contributed by atoms with Gasteiger partial charge in [-0.1, -0.05) is 41.9 Å². The number of aromatic nitrogens is 2. The highest BCUT2D eigenvalue weighted by atomic mass is 35.5. The number of rotatable bonds is 4. The van der Waals surface area contributed by atoms with Crippen LogP contribution in [0.2, 0.25) is 5.02 Å². The van der Waals surface area contributed by atoms with Gasteiger partial charge >= 0.3 is 5.97 Å². The number of imidazole rings is 1. The summed E-state index contributed by atoms with van der Waals surface area (Å²) in [5.41, 5.74) is 1.34. The molecule has 0 unspecified atom stereocenters. The number of ether oxygens (including phenoxy) is 1. The van der Waals surface area contributed by atoms with Crippen LogP contribution in [0.5, 0.6) is 5.75 Å². The third kappa shape index (κ3) is 2.91. The largest absolute Gasteiger partial charge is 0.497 e. The Kier molecular flexibility index (Phi) is 4.04. The van der Waals surface area contributed by atoms with Gasteiger partial charge in [0.1, 0.15) is 11.6 Å². The maximum atomic E-state index is 11.3. The van der Waals surface area contributed by atoms with Crippen LogP contribution in [0, 0.1) is 0 Å². The SMILES string of the molecule is COc1ccc(Cl)c(-n2cc(C(=O)O)nc2-c2ccccc2)c1. The molecule has 0 bridgehead atoms. The molecule has 0 spiro atoms. The van der Waals surface area contributed by atoms with E-state index in [4.69, 9.17) is 16.3 Å². The summed E-state index contributed by atoms with van der Waals surface area (Å²) in [5, 5.41) is 9.72. The molecule has 0 atom stereocenters. The monoisotopic (exact) mass is 328 g/mol. The molecule has 3 aromatic rings. The highest BCUT2D eigenvalue weighted by Gasteiger charge is 2.17. The molecule has 0 aliphatic carbocycles. The van der Waals surface area contributed by atoms with Crippen molar-refractivity contribution < 1.29 is 14.6 Å². The molecule has 2 aromatic carbocycles. The van der Waals surface area contributed by atoms with Gasteiger partial charge in [-0.25, -0.2) is 9.78 Å². The first-order valence-corrected chi connectivity index (χ1v) is 7.20. The Balaban J connectivity index is 2.24. The van der Waals surface area contributed by atoms with Crippen LogP contribution < -0.4 is 4.74 Å². The summed E-state index contributed by atoms with van der Waals surface area (Å²) < 4.78 is 6.88. The smallest absolute Gasteiger partial charge is 0.356 e. The predicted octanol–water partition coefficient (Wildman–Crippen LogP) is 3.90. The van der Waals surface area contributed by atoms with Crippen molar-refractivity contribution in [2.24, 2.45) is 0 Å². The van der Waals surface area contributed by atoms with Crippen LogP contribution in [-0.2, 0) is 0 Å². The van der Waals surface area contributed by atoms with Crippen LogP contribution in [0.1, 0.15) is 10.5 Å². The first kappa shape index (κ1) is 15.1. The van der Waals surface area contributed by atoms with Gasteiger partial charge in [0, 0.05) is 17.8 Å². The topological polar surface area (TPSA) is 64.3 Å². The maximum absolute atomic E-state index is 11.3. The zero-order valence-electron chi connectivity index (χ0n) is 12.2. The van der Waals surface area contributed by atoms with Gasteiger partial charge in [-0.2, -0.15) is 0 Å². The highest BCUT2D eigenvalue weighted by molar-refractivity contribution is 6.32. The number of carboxylic acid groups (broad SMARTS) is 1. The van der Waals surface area contributed by atoms with Gasteiger partial charge in [0.2, 0.25) is 0 Å². The molecule has 116 valence electrons. The quantitative estimate of drug-likeness (QED) is 0.789. The van der Waals surface area contributed by atoms with E-state index < -0.39 is 5.97 Å².